The second kappa shape index (κ2) is 7.95. The Morgan fingerprint density at radius 1 is 1.45 bits per heavy atom. The van der Waals surface area contributed by atoms with E-state index in [0.717, 1.165) is 0 Å². The van der Waals surface area contributed by atoms with Crippen LogP contribution in [0.2, 0.25) is 0 Å². The first-order valence-corrected chi connectivity index (χ1v) is 8.26. The maximum absolute atomic E-state index is 13.7. The van der Waals surface area contributed by atoms with E-state index in [9.17, 15) is 9.18 Å². The standard InChI is InChI=1S/C15H18FN3O2S/c1-22-10-11(7-9-20)17-15(21)13-6-8-19(18-13)14-5-3-2-4-12(14)16/h2-6,8,11,20H,7,9-10H2,1H3,(H,17,21). The van der Waals surface area contributed by atoms with Gasteiger partial charge in [0.15, 0.2) is 5.69 Å². The number of halogens is 1. The lowest BCUT2D eigenvalue weighted by Crippen LogP contribution is -2.37. The summed E-state index contributed by atoms with van der Waals surface area (Å²) < 4.78 is 15.0. The summed E-state index contributed by atoms with van der Waals surface area (Å²) in [5.41, 5.74) is 0.505. The zero-order valence-corrected chi connectivity index (χ0v) is 13.0. The number of para-hydroxylation sites is 1. The zero-order chi connectivity index (χ0) is 15.9. The molecule has 1 amide bonds. The van der Waals surface area contributed by atoms with Crippen molar-refractivity contribution in [2.75, 3.05) is 18.6 Å². The van der Waals surface area contributed by atoms with Gasteiger partial charge in [-0.1, -0.05) is 12.1 Å². The van der Waals surface area contributed by atoms with Gasteiger partial charge in [0.2, 0.25) is 0 Å². The van der Waals surface area contributed by atoms with Gasteiger partial charge in [-0.05, 0) is 30.9 Å². The van der Waals surface area contributed by atoms with Crippen LogP contribution in [0.5, 0.6) is 0 Å². The molecule has 0 saturated heterocycles. The minimum Gasteiger partial charge on any atom is -0.396 e. The molecule has 0 spiro atoms. The van der Waals surface area contributed by atoms with Gasteiger partial charge in [0, 0.05) is 24.6 Å². The molecule has 2 aromatic rings. The molecule has 0 fully saturated rings. The van der Waals surface area contributed by atoms with Gasteiger partial charge in [-0.25, -0.2) is 9.07 Å². The lowest BCUT2D eigenvalue weighted by molar-refractivity contribution is 0.0930. The fourth-order valence-corrected chi connectivity index (χ4v) is 2.68. The fourth-order valence-electron chi connectivity index (χ4n) is 2.03. The minimum atomic E-state index is -0.405. The summed E-state index contributed by atoms with van der Waals surface area (Å²) >= 11 is 1.59. The van der Waals surface area contributed by atoms with E-state index >= 15 is 0 Å². The number of rotatable bonds is 7. The van der Waals surface area contributed by atoms with Gasteiger partial charge in [-0.15, -0.1) is 0 Å². The van der Waals surface area contributed by atoms with Crippen molar-refractivity contribution in [1.82, 2.24) is 15.1 Å². The van der Waals surface area contributed by atoms with Gasteiger partial charge < -0.3 is 10.4 Å². The highest BCUT2D eigenvalue weighted by molar-refractivity contribution is 7.98. The van der Waals surface area contributed by atoms with E-state index in [1.165, 1.54) is 16.8 Å². The van der Waals surface area contributed by atoms with Crippen LogP contribution in [-0.4, -0.2) is 45.5 Å². The molecule has 0 aliphatic rings. The lowest BCUT2D eigenvalue weighted by Gasteiger charge is -2.15. The van der Waals surface area contributed by atoms with Crippen LogP contribution in [0, 0.1) is 5.82 Å². The Balaban J connectivity index is 2.10. The number of nitrogens with one attached hydrogen (secondary N) is 1. The smallest absolute Gasteiger partial charge is 0.272 e. The molecule has 0 aliphatic carbocycles. The highest BCUT2D eigenvalue weighted by Gasteiger charge is 2.16. The molecular weight excluding hydrogens is 305 g/mol. The SMILES string of the molecule is CSCC(CCO)NC(=O)c1ccn(-c2ccccc2F)n1. The molecule has 22 heavy (non-hydrogen) atoms. The molecule has 0 radical (unpaired) electrons. The quantitative estimate of drug-likeness (QED) is 0.816. The molecule has 1 heterocycles. The predicted molar refractivity (Wildman–Crippen MR) is 84.9 cm³/mol. The monoisotopic (exact) mass is 323 g/mol. The summed E-state index contributed by atoms with van der Waals surface area (Å²) in [6, 6.07) is 7.65. The Labute approximate surface area is 132 Å². The summed E-state index contributed by atoms with van der Waals surface area (Å²) in [5, 5.41) is 15.9. The normalized spacial score (nSPS) is 12.1. The number of amides is 1. The minimum absolute atomic E-state index is 0.00910. The molecule has 2 N–H and O–H groups in total. The number of thioether (sulfide) groups is 1. The third-order valence-corrected chi connectivity index (χ3v) is 3.84. The number of carbonyl (C=O) groups is 1. The van der Waals surface area contributed by atoms with Crippen LogP contribution in [-0.2, 0) is 0 Å². The van der Waals surface area contributed by atoms with Crippen molar-refractivity contribution in [3.8, 4) is 5.69 Å². The molecule has 1 aromatic heterocycles. The second-order valence-electron chi connectivity index (χ2n) is 4.73. The van der Waals surface area contributed by atoms with E-state index in [0.29, 0.717) is 12.2 Å². The van der Waals surface area contributed by atoms with Gasteiger partial charge in [0.25, 0.3) is 5.91 Å². The van der Waals surface area contributed by atoms with E-state index in [1.54, 1.807) is 36.2 Å². The number of aromatic nitrogens is 2. The second-order valence-corrected chi connectivity index (χ2v) is 5.65. The van der Waals surface area contributed by atoms with Gasteiger partial charge in [-0.3, -0.25) is 4.79 Å². The number of carbonyl (C=O) groups excluding carboxylic acids is 1. The largest absolute Gasteiger partial charge is 0.396 e. The van der Waals surface area contributed by atoms with Gasteiger partial charge in [0.1, 0.15) is 11.5 Å². The fraction of sp³-hybridized carbons (Fsp3) is 0.333. The van der Waals surface area contributed by atoms with Gasteiger partial charge in [0.05, 0.1) is 0 Å². The van der Waals surface area contributed by atoms with E-state index in [4.69, 9.17) is 5.11 Å². The number of benzene rings is 1. The van der Waals surface area contributed by atoms with Crippen molar-refractivity contribution in [3.63, 3.8) is 0 Å². The van der Waals surface area contributed by atoms with E-state index < -0.39 is 5.82 Å². The van der Waals surface area contributed by atoms with Crippen LogP contribution in [0.1, 0.15) is 16.9 Å². The van der Waals surface area contributed by atoms with Crippen LogP contribution in [0.4, 0.5) is 4.39 Å². The Morgan fingerprint density at radius 3 is 2.91 bits per heavy atom. The first-order valence-electron chi connectivity index (χ1n) is 6.87. The predicted octanol–water partition coefficient (Wildman–Crippen LogP) is 1.86. The lowest BCUT2D eigenvalue weighted by atomic mass is 10.2. The van der Waals surface area contributed by atoms with Crippen LogP contribution in [0.25, 0.3) is 5.69 Å². The van der Waals surface area contributed by atoms with Crippen molar-refractivity contribution >= 4 is 17.7 Å². The van der Waals surface area contributed by atoms with Crippen LogP contribution < -0.4 is 5.32 Å². The molecule has 0 bridgehead atoms. The molecule has 0 aliphatic heterocycles. The van der Waals surface area contributed by atoms with E-state index in [-0.39, 0.29) is 29.9 Å². The topological polar surface area (TPSA) is 67.2 Å². The molecule has 5 nitrogen and oxygen atoms in total. The van der Waals surface area contributed by atoms with E-state index in [1.807, 2.05) is 6.26 Å². The average molecular weight is 323 g/mol. The number of aliphatic hydroxyl groups is 1. The Kier molecular flexibility index (Phi) is 5.97. The molecule has 0 saturated carbocycles. The maximum atomic E-state index is 13.7. The number of hydrogen-bond acceptors (Lipinski definition) is 4. The van der Waals surface area contributed by atoms with Crippen molar-refractivity contribution < 1.29 is 14.3 Å². The number of hydrogen-bond donors (Lipinski definition) is 2. The highest BCUT2D eigenvalue weighted by Crippen LogP contribution is 2.12. The summed E-state index contributed by atoms with van der Waals surface area (Å²) in [7, 11) is 0. The summed E-state index contributed by atoms with van der Waals surface area (Å²) in [5.74, 6) is -0.0268. The van der Waals surface area contributed by atoms with Crippen molar-refractivity contribution in [1.29, 1.82) is 0 Å². The third kappa shape index (κ3) is 4.08. The van der Waals surface area contributed by atoms with Gasteiger partial charge in [-0.2, -0.15) is 16.9 Å². The highest BCUT2D eigenvalue weighted by atomic mass is 32.2. The first kappa shape index (κ1) is 16.5. The Hall–Kier alpha value is -1.86. The van der Waals surface area contributed by atoms with Crippen LogP contribution >= 0.6 is 11.8 Å². The summed E-state index contributed by atoms with van der Waals surface area (Å²) in [4.78, 5) is 12.2. The zero-order valence-electron chi connectivity index (χ0n) is 12.2. The van der Waals surface area contributed by atoms with E-state index in [2.05, 4.69) is 10.4 Å². The van der Waals surface area contributed by atoms with Gasteiger partial charge >= 0.3 is 0 Å². The third-order valence-electron chi connectivity index (χ3n) is 3.10. The first-order chi connectivity index (χ1) is 10.7. The van der Waals surface area contributed by atoms with Crippen LogP contribution in [0.3, 0.4) is 0 Å². The molecule has 7 heteroatoms. The molecule has 2 rings (SSSR count). The Bertz CT molecular complexity index is 627. The molecule has 118 valence electrons. The number of aliphatic hydroxyl groups excluding tert-OH is 1. The molecular formula is C15H18FN3O2S. The van der Waals surface area contributed by atoms with Crippen LogP contribution in [0.15, 0.2) is 36.5 Å². The molecule has 1 aromatic carbocycles. The van der Waals surface area contributed by atoms with Crippen molar-refractivity contribution in [2.24, 2.45) is 0 Å². The number of nitrogens with zero attached hydrogens (tertiary/aromatic N) is 2. The molecule has 1 atom stereocenters. The molecule has 1 unspecified atom stereocenters. The van der Waals surface area contributed by atoms with Crippen molar-refractivity contribution in [3.05, 3.63) is 48.0 Å². The van der Waals surface area contributed by atoms with Crippen molar-refractivity contribution in [2.45, 2.75) is 12.5 Å². The maximum Gasteiger partial charge on any atom is 0.272 e. The Morgan fingerprint density at radius 2 is 2.23 bits per heavy atom. The average Bonchev–Trinajstić information content (AvgIpc) is 2.98. The summed E-state index contributed by atoms with van der Waals surface area (Å²) in [6.45, 7) is 0.00910. The summed E-state index contributed by atoms with van der Waals surface area (Å²) in [6.07, 6.45) is 3.97.